The number of benzene rings is 2. The zero-order valence-electron chi connectivity index (χ0n) is 17.6. The standard InChI is InChI=1S/C21H22N8O4/c30-18-16(7-4-8-17(18)29(31)32)14-23-27-20-24-19(22-13-15-5-2-1-3-6-15)25-21(26-20)28-9-11-33-12-10-28/h1-8,14,30H,9-13H2,(H2,22,24,25,26,27)/b23-14-. The van der Waals surface area contributed by atoms with E-state index in [-0.39, 0.29) is 11.5 Å². The Morgan fingerprint density at radius 1 is 1.09 bits per heavy atom. The fourth-order valence-electron chi connectivity index (χ4n) is 3.14. The van der Waals surface area contributed by atoms with Crippen molar-refractivity contribution in [1.82, 2.24) is 15.0 Å². The van der Waals surface area contributed by atoms with Crippen LogP contribution in [0.3, 0.4) is 0 Å². The van der Waals surface area contributed by atoms with E-state index in [4.69, 9.17) is 4.74 Å². The van der Waals surface area contributed by atoms with Gasteiger partial charge in [-0.25, -0.2) is 5.43 Å². The van der Waals surface area contributed by atoms with Gasteiger partial charge in [-0.3, -0.25) is 10.1 Å². The maximum atomic E-state index is 11.0. The Kier molecular flexibility index (Phi) is 6.85. The summed E-state index contributed by atoms with van der Waals surface area (Å²) in [5, 5.41) is 28.3. The Hall–Kier alpha value is -4.32. The summed E-state index contributed by atoms with van der Waals surface area (Å²) in [5.74, 6) is 0.553. The van der Waals surface area contributed by atoms with E-state index in [1.165, 1.54) is 24.4 Å². The summed E-state index contributed by atoms with van der Waals surface area (Å²) in [7, 11) is 0. The lowest BCUT2D eigenvalue weighted by molar-refractivity contribution is -0.385. The number of aromatic nitrogens is 3. The molecule has 12 heteroatoms. The fraction of sp³-hybridized carbons (Fsp3) is 0.238. The average molecular weight is 450 g/mol. The number of para-hydroxylation sites is 1. The topological polar surface area (TPSA) is 151 Å². The van der Waals surface area contributed by atoms with Crippen LogP contribution < -0.4 is 15.6 Å². The average Bonchev–Trinajstić information content (AvgIpc) is 2.85. The number of phenols is 1. The minimum absolute atomic E-state index is 0.182. The first-order chi connectivity index (χ1) is 16.1. The number of nitro benzene ring substituents is 1. The summed E-state index contributed by atoms with van der Waals surface area (Å²) in [6.07, 6.45) is 1.26. The van der Waals surface area contributed by atoms with Crippen molar-refractivity contribution in [2.75, 3.05) is 41.9 Å². The highest BCUT2D eigenvalue weighted by Crippen LogP contribution is 2.28. The van der Waals surface area contributed by atoms with Crippen molar-refractivity contribution >= 4 is 29.7 Å². The number of nitrogens with zero attached hydrogens (tertiary/aromatic N) is 6. The molecule has 0 bridgehead atoms. The van der Waals surface area contributed by atoms with Crippen molar-refractivity contribution in [3.63, 3.8) is 0 Å². The largest absolute Gasteiger partial charge is 0.502 e. The molecular weight excluding hydrogens is 428 g/mol. The van der Waals surface area contributed by atoms with Gasteiger partial charge in [-0.05, 0) is 11.6 Å². The Labute approximate surface area is 189 Å². The molecule has 0 saturated carbocycles. The van der Waals surface area contributed by atoms with Gasteiger partial charge < -0.3 is 20.1 Å². The SMILES string of the molecule is O=[N+]([O-])c1cccc(/C=N\Nc2nc(NCc3ccccc3)nc(N3CCOCC3)n2)c1O. The maximum absolute atomic E-state index is 11.0. The molecule has 0 unspecified atom stereocenters. The number of morpholine rings is 1. The third kappa shape index (κ3) is 5.68. The van der Waals surface area contributed by atoms with Gasteiger partial charge in [0.15, 0.2) is 0 Å². The number of phenolic OH excluding ortho intramolecular Hbond substituents is 1. The molecule has 1 aromatic heterocycles. The maximum Gasteiger partial charge on any atom is 0.311 e. The fourth-order valence-corrected chi connectivity index (χ4v) is 3.14. The number of ether oxygens (including phenoxy) is 1. The monoisotopic (exact) mass is 450 g/mol. The molecule has 2 heterocycles. The number of nitrogens with one attached hydrogen (secondary N) is 2. The van der Waals surface area contributed by atoms with Crippen molar-refractivity contribution in [2.45, 2.75) is 6.54 Å². The lowest BCUT2D eigenvalue weighted by Crippen LogP contribution is -2.37. The first kappa shape index (κ1) is 21.9. The molecule has 0 aliphatic carbocycles. The molecule has 2 aromatic carbocycles. The van der Waals surface area contributed by atoms with Crippen LogP contribution in [0.1, 0.15) is 11.1 Å². The number of hydrogen-bond acceptors (Lipinski definition) is 11. The number of hydrogen-bond donors (Lipinski definition) is 3. The van der Waals surface area contributed by atoms with Gasteiger partial charge in [-0.2, -0.15) is 20.1 Å². The Morgan fingerprint density at radius 3 is 2.61 bits per heavy atom. The molecule has 0 atom stereocenters. The summed E-state index contributed by atoms with van der Waals surface area (Å²) in [6.45, 7) is 2.97. The van der Waals surface area contributed by atoms with Gasteiger partial charge in [-0.15, -0.1) is 0 Å². The predicted octanol–water partition coefficient (Wildman–Crippen LogP) is 2.38. The second-order valence-electron chi connectivity index (χ2n) is 7.06. The Morgan fingerprint density at radius 2 is 1.85 bits per heavy atom. The van der Waals surface area contributed by atoms with E-state index >= 15 is 0 Å². The molecule has 1 fully saturated rings. The Bertz CT molecular complexity index is 1140. The molecule has 4 rings (SSSR count). The number of nitro groups is 1. The summed E-state index contributed by atoms with van der Waals surface area (Å²) < 4.78 is 5.40. The lowest BCUT2D eigenvalue weighted by atomic mass is 10.2. The van der Waals surface area contributed by atoms with Crippen LogP contribution in [0.2, 0.25) is 0 Å². The number of hydrazone groups is 1. The zero-order valence-corrected chi connectivity index (χ0v) is 17.6. The van der Waals surface area contributed by atoms with Crippen LogP contribution in [0.4, 0.5) is 23.5 Å². The quantitative estimate of drug-likeness (QED) is 0.265. The van der Waals surface area contributed by atoms with Gasteiger partial charge in [0.1, 0.15) is 0 Å². The van der Waals surface area contributed by atoms with E-state index in [9.17, 15) is 15.2 Å². The van der Waals surface area contributed by atoms with Gasteiger partial charge >= 0.3 is 5.69 Å². The van der Waals surface area contributed by atoms with E-state index in [0.29, 0.717) is 44.7 Å². The van der Waals surface area contributed by atoms with Crippen molar-refractivity contribution in [3.8, 4) is 5.75 Å². The van der Waals surface area contributed by atoms with Gasteiger partial charge in [0.05, 0.1) is 24.4 Å². The van der Waals surface area contributed by atoms with E-state index in [2.05, 4.69) is 30.8 Å². The summed E-state index contributed by atoms with van der Waals surface area (Å²) in [5.41, 5.74) is 3.56. The van der Waals surface area contributed by atoms with Crippen LogP contribution in [0, 0.1) is 10.1 Å². The molecule has 12 nitrogen and oxygen atoms in total. The van der Waals surface area contributed by atoms with Crippen LogP contribution in [-0.4, -0.2) is 57.5 Å². The van der Waals surface area contributed by atoms with Crippen LogP contribution in [-0.2, 0) is 11.3 Å². The zero-order chi connectivity index (χ0) is 23.0. The molecule has 170 valence electrons. The van der Waals surface area contributed by atoms with Gasteiger partial charge in [0.25, 0.3) is 0 Å². The third-order valence-electron chi connectivity index (χ3n) is 4.82. The van der Waals surface area contributed by atoms with Gasteiger partial charge in [0, 0.05) is 31.3 Å². The summed E-state index contributed by atoms with van der Waals surface area (Å²) in [4.78, 5) is 25.6. The van der Waals surface area contributed by atoms with Crippen molar-refractivity contribution in [1.29, 1.82) is 0 Å². The normalized spacial score (nSPS) is 13.8. The van der Waals surface area contributed by atoms with E-state index in [0.717, 1.165) is 5.56 Å². The summed E-state index contributed by atoms with van der Waals surface area (Å²) >= 11 is 0. The van der Waals surface area contributed by atoms with Gasteiger partial charge in [-0.1, -0.05) is 36.4 Å². The van der Waals surface area contributed by atoms with Crippen molar-refractivity contribution < 1.29 is 14.8 Å². The van der Waals surface area contributed by atoms with Crippen molar-refractivity contribution in [2.24, 2.45) is 5.10 Å². The van der Waals surface area contributed by atoms with Crippen molar-refractivity contribution in [3.05, 3.63) is 69.8 Å². The van der Waals surface area contributed by atoms with Crippen LogP contribution >= 0.6 is 0 Å². The van der Waals surface area contributed by atoms with Crippen LogP contribution in [0.15, 0.2) is 53.6 Å². The van der Waals surface area contributed by atoms with E-state index < -0.39 is 16.4 Å². The van der Waals surface area contributed by atoms with E-state index in [1.54, 1.807) is 0 Å². The molecule has 3 aromatic rings. The molecule has 1 saturated heterocycles. The lowest BCUT2D eigenvalue weighted by Gasteiger charge is -2.27. The molecule has 3 N–H and O–H groups in total. The second-order valence-corrected chi connectivity index (χ2v) is 7.06. The highest BCUT2D eigenvalue weighted by atomic mass is 16.6. The minimum Gasteiger partial charge on any atom is -0.502 e. The number of anilines is 3. The molecule has 0 radical (unpaired) electrons. The molecular formula is C21H22N8O4. The first-order valence-corrected chi connectivity index (χ1v) is 10.2. The molecule has 1 aliphatic rings. The predicted molar refractivity (Wildman–Crippen MR) is 123 cm³/mol. The highest BCUT2D eigenvalue weighted by Gasteiger charge is 2.17. The molecule has 1 aliphatic heterocycles. The second kappa shape index (κ2) is 10.3. The first-order valence-electron chi connectivity index (χ1n) is 10.2. The molecule has 0 spiro atoms. The minimum atomic E-state index is -0.661. The number of rotatable bonds is 8. The Balaban J connectivity index is 1.54. The van der Waals surface area contributed by atoms with Crippen LogP contribution in [0.25, 0.3) is 0 Å². The third-order valence-corrected chi connectivity index (χ3v) is 4.82. The highest BCUT2D eigenvalue weighted by molar-refractivity contribution is 5.85. The van der Waals surface area contributed by atoms with E-state index in [1.807, 2.05) is 35.2 Å². The molecule has 33 heavy (non-hydrogen) atoms. The van der Waals surface area contributed by atoms with Crippen LogP contribution in [0.5, 0.6) is 5.75 Å². The number of aromatic hydroxyl groups is 1. The molecule has 0 amide bonds. The van der Waals surface area contributed by atoms with Gasteiger partial charge in [0.2, 0.25) is 23.6 Å². The summed E-state index contributed by atoms with van der Waals surface area (Å²) in [6, 6.07) is 14.0. The smallest absolute Gasteiger partial charge is 0.311 e.